The summed E-state index contributed by atoms with van der Waals surface area (Å²) in [6, 6.07) is -1.03. The number of hydrogen-bond acceptors (Lipinski definition) is 10. The van der Waals surface area contributed by atoms with E-state index in [0.717, 1.165) is 83.5 Å². The number of carbonyl (C=O) groups is 2. The number of nitrogens with one attached hydrogen (secondary N) is 1. The molecule has 8 atom stereocenters. The third-order valence-electron chi connectivity index (χ3n) is 16.9. The quantitative estimate of drug-likeness (QED) is 0.0195. The minimum absolute atomic E-state index is 0.0982. The van der Waals surface area contributed by atoms with E-state index in [0.29, 0.717) is 19.3 Å². The van der Waals surface area contributed by atoms with Crippen molar-refractivity contribution >= 4 is 11.9 Å². The van der Waals surface area contributed by atoms with E-state index in [9.17, 15) is 35.1 Å². The van der Waals surface area contributed by atoms with Crippen LogP contribution < -0.4 is 5.32 Å². The second-order valence-electron chi connectivity index (χ2n) is 25.0. The lowest BCUT2D eigenvalue weighted by molar-refractivity contribution is -0.305. The molecule has 85 heavy (non-hydrogen) atoms. The Balaban J connectivity index is 2.57. The van der Waals surface area contributed by atoms with Gasteiger partial charge in [0.25, 0.3) is 0 Å². The second-order valence-corrected chi connectivity index (χ2v) is 25.0. The molecular formula is C74H135NO10. The zero-order valence-corrected chi connectivity index (χ0v) is 55.2. The average molecular weight is 1200 g/mol. The Kier molecular flexibility index (Phi) is 58.2. The molecular weight excluding hydrogens is 1060 g/mol. The topological polar surface area (TPSA) is 175 Å². The molecule has 1 rings (SSSR count). The Morgan fingerprint density at radius 1 is 0.459 bits per heavy atom. The van der Waals surface area contributed by atoms with E-state index in [2.05, 4.69) is 74.7 Å². The Morgan fingerprint density at radius 3 is 1.25 bits per heavy atom. The molecule has 1 heterocycles. The van der Waals surface area contributed by atoms with E-state index < -0.39 is 67.4 Å². The molecule has 1 aliphatic heterocycles. The molecule has 1 fully saturated rings. The van der Waals surface area contributed by atoms with Crippen LogP contribution in [0.5, 0.6) is 0 Å². The van der Waals surface area contributed by atoms with Crippen molar-refractivity contribution in [2.45, 2.75) is 384 Å². The highest BCUT2D eigenvalue weighted by Crippen LogP contribution is 2.26. The highest BCUT2D eigenvalue weighted by Gasteiger charge is 2.47. The number of hydrogen-bond donors (Lipinski definition) is 6. The molecule has 0 aromatic carbocycles. The van der Waals surface area contributed by atoms with Gasteiger partial charge >= 0.3 is 5.97 Å². The van der Waals surface area contributed by atoms with Crippen LogP contribution >= 0.6 is 0 Å². The van der Waals surface area contributed by atoms with Crippen LogP contribution in [0.3, 0.4) is 0 Å². The van der Waals surface area contributed by atoms with E-state index in [1.165, 1.54) is 205 Å². The van der Waals surface area contributed by atoms with Crippen molar-refractivity contribution in [3.8, 4) is 0 Å². The minimum atomic E-state index is -1.62. The number of unbranched alkanes of at least 4 members (excludes halogenated alkanes) is 40. The van der Waals surface area contributed by atoms with Crippen LogP contribution in [-0.4, -0.2) is 99.6 Å². The van der Waals surface area contributed by atoms with Gasteiger partial charge in [0.15, 0.2) is 12.4 Å². The summed E-state index contributed by atoms with van der Waals surface area (Å²) < 4.78 is 17.7. The zero-order chi connectivity index (χ0) is 61.7. The Labute approximate surface area is 522 Å². The van der Waals surface area contributed by atoms with Crippen LogP contribution in [0.2, 0.25) is 0 Å². The fourth-order valence-corrected chi connectivity index (χ4v) is 11.2. The molecule has 1 saturated heterocycles. The van der Waals surface area contributed by atoms with Crippen molar-refractivity contribution in [2.24, 2.45) is 0 Å². The number of carbonyl (C=O) groups excluding carboxylic acids is 2. The molecule has 1 amide bonds. The molecule has 11 heteroatoms. The lowest BCUT2D eigenvalue weighted by atomic mass is 9.99. The predicted octanol–water partition coefficient (Wildman–Crippen LogP) is 18.5. The van der Waals surface area contributed by atoms with Crippen molar-refractivity contribution in [3.63, 3.8) is 0 Å². The molecule has 0 radical (unpaired) electrons. The van der Waals surface area contributed by atoms with Crippen LogP contribution in [0.25, 0.3) is 0 Å². The highest BCUT2D eigenvalue weighted by atomic mass is 16.7. The molecule has 0 aromatic heterocycles. The summed E-state index contributed by atoms with van der Waals surface area (Å²) in [6.45, 7) is 5.79. The number of amides is 1. The first-order chi connectivity index (χ1) is 41.7. The molecule has 8 unspecified atom stereocenters. The molecule has 6 N–H and O–H groups in total. The van der Waals surface area contributed by atoms with Gasteiger partial charge in [-0.1, -0.05) is 300 Å². The van der Waals surface area contributed by atoms with Crippen LogP contribution in [0, 0.1) is 0 Å². The van der Waals surface area contributed by atoms with Gasteiger partial charge in [0, 0.05) is 6.42 Å². The van der Waals surface area contributed by atoms with Crippen LogP contribution in [-0.2, 0) is 23.8 Å². The number of allylic oxidation sites excluding steroid dienone is 9. The molecule has 496 valence electrons. The molecule has 0 bridgehead atoms. The van der Waals surface area contributed by atoms with Gasteiger partial charge in [0.1, 0.15) is 24.4 Å². The molecule has 11 nitrogen and oxygen atoms in total. The van der Waals surface area contributed by atoms with Gasteiger partial charge in [-0.25, -0.2) is 0 Å². The minimum Gasteiger partial charge on any atom is -0.454 e. The number of esters is 1. The van der Waals surface area contributed by atoms with Crippen molar-refractivity contribution in [1.29, 1.82) is 0 Å². The fraction of sp³-hybridized carbons (Fsp3) is 0.838. The summed E-state index contributed by atoms with van der Waals surface area (Å²) >= 11 is 0. The highest BCUT2D eigenvalue weighted by molar-refractivity contribution is 5.80. The van der Waals surface area contributed by atoms with Crippen molar-refractivity contribution in [3.05, 3.63) is 60.8 Å². The van der Waals surface area contributed by atoms with Crippen molar-refractivity contribution in [1.82, 2.24) is 5.32 Å². The third kappa shape index (κ3) is 48.9. The van der Waals surface area contributed by atoms with E-state index in [4.69, 9.17) is 14.2 Å². The standard InChI is InChI=1S/C74H135NO10/c1-4-7-10-13-16-19-22-25-27-29-30-31-32-33-34-35-36-37-39-40-43-46-49-52-55-58-61-67(78)73(82)75-65(66(77)60-57-54-51-48-45-42-24-21-18-15-12-9-6-3)64-83-74-72(71(81)70(80)68(63-76)84-74)85-69(79)62-59-56-53-50-47-44-41-38-28-26-23-20-17-14-11-8-5-2/h17,20,25-28,41,44,57,60,65-68,70-72,74,76-78,80-81H,4-16,18-19,21-24,29-40,42-43,45-56,58-59,61-64H2,1-3H3,(H,75,82)/b20-17-,27-25+,28-26-,44-41-,60-57+. The molecule has 0 saturated carbocycles. The maximum absolute atomic E-state index is 13.5. The predicted molar refractivity (Wildman–Crippen MR) is 356 cm³/mol. The van der Waals surface area contributed by atoms with E-state index in [-0.39, 0.29) is 13.0 Å². The first kappa shape index (κ1) is 80.4. The maximum atomic E-state index is 13.5. The Bertz CT molecular complexity index is 1620. The maximum Gasteiger partial charge on any atom is 0.306 e. The number of ether oxygens (including phenoxy) is 3. The summed E-state index contributed by atoms with van der Waals surface area (Å²) in [6.07, 6.45) is 68.4. The van der Waals surface area contributed by atoms with Crippen molar-refractivity contribution < 1.29 is 49.3 Å². The SMILES string of the molecule is CCCCC/C=C\C/C=C\C/C=C\CCCCCCC(=O)OC1C(OCC(NC(=O)C(O)CCCCCCCCCCCCCCCCCC/C=C/CCCCCCCC)C(O)/C=C/CCCCCCCCCCCCC)OC(CO)C(O)C1O. The van der Waals surface area contributed by atoms with E-state index in [1.807, 2.05) is 6.08 Å². The zero-order valence-electron chi connectivity index (χ0n) is 55.2. The lowest BCUT2D eigenvalue weighted by Gasteiger charge is -2.41. The number of rotatable bonds is 62. The van der Waals surface area contributed by atoms with Gasteiger partial charge in [-0.3, -0.25) is 9.59 Å². The molecule has 0 aliphatic carbocycles. The van der Waals surface area contributed by atoms with E-state index >= 15 is 0 Å². The van der Waals surface area contributed by atoms with Gasteiger partial charge in [0.05, 0.1) is 25.4 Å². The Morgan fingerprint density at radius 2 is 0.812 bits per heavy atom. The third-order valence-corrected chi connectivity index (χ3v) is 16.9. The van der Waals surface area contributed by atoms with Crippen LogP contribution in [0.4, 0.5) is 0 Å². The van der Waals surface area contributed by atoms with E-state index in [1.54, 1.807) is 6.08 Å². The summed E-state index contributed by atoms with van der Waals surface area (Å²) in [5.74, 6) is -1.21. The summed E-state index contributed by atoms with van der Waals surface area (Å²) in [5, 5.41) is 57.2. The molecule has 1 aliphatic rings. The van der Waals surface area contributed by atoms with Gasteiger partial charge in [-0.15, -0.1) is 0 Å². The molecule has 0 aromatic rings. The van der Waals surface area contributed by atoms with Gasteiger partial charge < -0.3 is 45.1 Å². The first-order valence-electron chi connectivity index (χ1n) is 36.1. The average Bonchev–Trinajstić information content (AvgIpc) is 3.16. The van der Waals surface area contributed by atoms with Crippen LogP contribution in [0.15, 0.2) is 60.8 Å². The fourth-order valence-electron chi connectivity index (χ4n) is 11.2. The second kappa shape index (κ2) is 61.6. The van der Waals surface area contributed by atoms with Gasteiger partial charge in [-0.2, -0.15) is 0 Å². The smallest absolute Gasteiger partial charge is 0.306 e. The largest absolute Gasteiger partial charge is 0.454 e. The van der Waals surface area contributed by atoms with Crippen LogP contribution in [0.1, 0.15) is 335 Å². The van der Waals surface area contributed by atoms with Gasteiger partial charge in [-0.05, 0) is 89.9 Å². The molecule has 0 spiro atoms. The monoisotopic (exact) mass is 1200 g/mol. The summed E-state index contributed by atoms with van der Waals surface area (Å²) in [4.78, 5) is 26.7. The summed E-state index contributed by atoms with van der Waals surface area (Å²) in [5.41, 5.74) is 0. The lowest BCUT2D eigenvalue weighted by Crippen LogP contribution is -2.61. The first-order valence-corrected chi connectivity index (χ1v) is 36.1. The van der Waals surface area contributed by atoms with Crippen molar-refractivity contribution in [2.75, 3.05) is 13.2 Å². The van der Waals surface area contributed by atoms with Gasteiger partial charge in [0.2, 0.25) is 5.91 Å². The summed E-state index contributed by atoms with van der Waals surface area (Å²) in [7, 11) is 0. The Hall–Kier alpha value is -2.64. The number of aliphatic hydroxyl groups is 5. The normalized spacial score (nSPS) is 18.7. The number of aliphatic hydroxyl groups excluding tert-OH is 5.